The minimum atomic E-state index is -5.12. The van der Waals surface area contributed by atoms with E-state index in [1.807, 2.05) is 0 Å². The first kappa shape index (κ1) is 45.6. The average Bonchev–Trinajstić information content (AvgIpc) is 3.06. The van der Waals surface area contributed by atoms with Crippen LogP contribution < -0.4 is 100 Å². The second-order valence-corrected chi connectivity index (χ2v) is 15.0. The molecule has 0 aliphatic carbocycles. The molecule has 0 radical (unpaired) electrons. The van der Waals surface area contributed by atoms with Crippen molar-refractivity contribution in [2.24, 2.45) is 20.5 Å². The first-order valence-electron chi connectivity index (χ1n) is 14.2. The first-order chi connectivity index (χ1) is 23.9. The number of phenols is 1. The number of anilines is 2. The molecule has 22 heteroatoms. The first-order valence-corrected chi connectivity index (χ1v) is 18.5. The average molecular weight is 815 g/mol. The fraction of sp³-hybridized carbons (Fsp3) is 0. The van der Waals surface area contributed by atoms with Gasteiger partial charge in [0.15, 0.2) is 5.75 Å². The van der Waals surface area contributed by atoms with E-state index in [1.165, 1.54) is 24.3 Å². The van der Waals surface area contributed by atoms with E-state index >= 15 is 0 Å². The van der Waals surface area contributed by atoms with Gasteiger partial charge in [-0.15, -0.1) is 10.2 Å². The summed E-state index contributed by atoms with van der Waals surface area (Å²) in [7, 11) is -15.1. The van der Waals surface area contributed by atoms with E-state index in [4.69, 9.17) is 11.5 Å². The molecular formula is C32H21N6Na3O10S3. The Bertz CT molecular complexity index is 2810. The minimum absolute atomic E-state index is 0. The topological polar surface area (TPSA) is 293 Å². The maximum absolute atomic E-state index is 12.0. The molecule has 0 aliphatic rings. The Morgan fingerprint density at radius 2 is 0.963 bits per heavy atom. The molecule has 0 aliphatic heterocycles. The van der Waals surface area contributed by atoms with Crippen molar-refractivity contribution in [2.45, 2.75) is 14.7 Å². The molecule has 6 aromatic carbocycles. The maximum Gasteiger partial charge on any atom is 1.00 e. The van der Waals surface area contributed by atoms with Crippen molar-refractivity contribution < 1.29 is 133 Å². The number of nitrogens with zero attached hydrogens (tertiary/aromatic N) is 4. The molecule has 6 rings (SSSR count). The summed E-state index contributed by atoms with van der Waals surface area (Å²) in [6, 6.07) is 22.4. The van der Waals surface area contributed by atoms with Gasteiger partial charge in [-0.3, -0.25) is 0 Å². The van der Waals surface area contributed by atoms with Gasteiger partial charge in [-0.05, 0) is 88.6 Å². The van der Waals surface area contributed by atoms with Gasteiger partial charge in [0.25, 0.3) is 0 Å². The summed E-state index contributed by atoms with van der Waals surface area (Å²) in [6.45, 7) is 0. The third-order valence-electron chi connectivity index (χ3n) is 7.59. The Morgan fingerprint density at radius 3 is 1.46 bits per heavy atom. The molecule has 0 spiro atoms. The van der Waals surface area contributed by atoms with E-state index in [-0.39, 0.29) is 127 Å². The summed E-state index contributed by atoms with van der Waals surface area (Å²) in [6.07, 6.45) is 0. The minimum Gasteiger partial charge on any atom is -0.744 e. The normalized spacial score (nSPS) is 12.1. The predicted molar refractivity (Wildman–Crippen MR) is 183 cm³/mol. The number of aromatic hydroxyl groups is 1. The number of hydrogen-bond acceptors (Lipinski definition) is 16. The molecule has 5 N–H and O–H groups in total. The zero-order valence-electron chi connectivity index (χ0n) is 28.5. The van der Waals surface area contributed by atoms with Crippen LogP contribution in [0.25, 0.3) is 32.7 Å². The Hall–Kier alpha value is -2.83. The van der Waals surface area contributed by atoms with Crippen molar-refractivity contribution in [1.29, 1.82) is 0 Å². The van der Waals surface area contributed by atoms with Crippen LogP contribution in [0.5, 0.6) is 5.75 Å². The number of benzene rings is 6. The Kier molecular flexibility index (Phi) is 14.8. The molecule has 0 saturated heterocycles. The van der Waals surface area contributed by atoms with Crippen LogP contribution >= 0.6 is 0 Å². The Labute approximate surface area is 374 Å². The summed E-state index contributed by atoms with van der Waals surface area (Å²) in [5.74, 6) is -0.553. The van der Waals surface area contributed by atoms with Gasteiger partial charge < -0.3 is 30.2 Å². The molecule has 16 nitrogen and oxygen atoms in total. The molecule has 0 atom stereocenters. The fourth-order valence-electron chi connectivity index (χ4n) is 5.14. The number of hydrogen-bond donors (Lipinski definition) is 3. The third kappa shape index (κ3) is 9.93. The van der Waals surface area contributed by atoms with Crippen molar-refractivity contribution in [3.8, 4) is 16.9 Å². The molecule has 0 unspecified atom stereocenters. The quantitative estimate of drug-likeness (QED) is 0.0603. The summed E-state index contributed by atoms with van der Waals surface area (Å²) in [4.78, 5) is -2.28. The van der Waals surface area contributed by atoms with Crippen molar-refractivity contribution in [3.63, 3.8) is 0 Å². The smallest absolute Gasteiger partial charge is 0.744 e. The second kappa shape index (κ2) is 17.5. The van der Waals surface area contributed by atoms with Crippen LogP contribution in [0.3, 0.4) is 0 Å². The summed E-state index contributed by atoms with van der Waals surface area (Å²) in [5.41, 5.74) is 12.7. The Balaban J connectivity index is 0.00000261. The van der Waals surface area contributed by atoms with Crippen LogP contribution in [0.4, 0.5) is 34.1 Å². The zero-order chi connectivity index (χ0) is 36.9. The van der Waals surface area contributed by atoms with Gasteiger partial charge in [0, 0.05) is 16.5 Å². The molecule has 0 amide bonds. The molecule has 54 heavy (non-hydrogen) atoms. The SMILES string of the molecule is Nc1ccc2c(O)c(N=Nc3ccc(-c4ccc(N=Nc5c(N)c(S(=O)(=O)[O-])cc6cc(S(=O)(=O)[O-])ccc56)cc4)cc3)c(S(=O)(=O)[O-])cc2c1.[Na+].[Na+].[Na+]. The molecule has 0 fully saturated rings. The maximum atomic E-state index is 12.0. The van der Waals surface area contributed by atoms with Crippen molar-refractivity contribution in [1.82, 2.24) is 0 Å². The van der Waals surface area contributed by atoms with Crippen LogP contribution in [-0.4, -0.2) is 44.0 Å². The van der Waals surface area contributed by atoms with E-state index < -0.39 is 62.2 Å². The van der Waals surface area contributed by atoms with Gasteiger partial charge in [0.1, 0.15) is 41.7 Å². The van der Waals surface area contributed by atoms with Crippen molar-refractivity contribution >= 4 is 86.0 Å². The second-order valence-electron chi connectivity index (χ2n) is 10.9. The Morgan fingerprint density at radius 1 is 0.500 bits per heavy atom. The standard InChI is InChI=1S/C32H24N6O10S3.3Na/c33-21-5-11-26-19(13-21)16-28(51(46,47)48)31(32(26)39)38-36-23-8-3-18(4-9-23)17-1-6-22(7-2-17)35-37-30-25-12-10-24(49(40,41)42)14-20(25)15-27(29(30)34)50(43,44)45;;;/h1-16,39H,33-34H2,(H,40,41,42)(H,43,44,45)(H,46,47,48);;;/q;3*+1/p-3. The van der Waals surface area contributed by atoms with Crippen LogP contribution in [0.2, 0.25) is 0 Å². The zero-order valence-corrected chi connectivity index (χ0v) is 37.0. The predicted octanol–water partition coefficient (Wildman–Crippen LogP) is -2.91. The molecule has 260 valence electrons. The van der Waals surface area contributed by atoms with Crippen LogP contribution in [0, 0.1) is 0 Å². The van der Waals surface area contributed by atoms with Crippen molar-refractivity contribution in [3.05, 3.63) is 97.1 Å². The number of nitrogens with two attached hydrogens (primary N) is 2. The van der Waals surface area contributed by atoms with Crippen LogP contribution in [-0.2, 0) is 30.4 Å². The number of fused-ring (bicyclic) bond motifs is 2. The summed E-state index contributed by atoms with van der Waals surface area (Å²) in [5, 5.41) is 27.2. The molecule has 0 aromatic heterocycles. The van der Waals surface area contributed by atoms with E-state index in [0.29, 0.717) is 16.8 Å². The molecule has 0 heterocycles. The van der Waals surface area contributed by atoms with E-state index in [1.54, 1.807) is 48.5 Å². The largest absolute Gasteiger partial charge is 1.00 e. The summed E-state index contributed by atoms with van der Waals surface area (Å²) >= 11 is 0. The number of rotatable bonds is 8. The molecule has 0 bridgehead atoms. The van der Waals surface area contributed by atoms with E-state index in [0.717, 1.165) is 24.3 Å². The molecule has 0 saturated carbocycles. The molecular weight excluding hydrogens is 794 g/mol. The van der Waals surface area contributed by atoms with Crippen LogP contribution in [0.1, 0.15) is 0 Å². The van der Waals surface area contributed by atoms with Gasteiger partial charge in [-0.25, -0.2) is 25.3 Å². The van der Waals surface area contributed by atoms with Crippen LogP contribution in [0.15, 0.2) is 132 Å². The number of nitrogen functional groups attached to an aromatic ring is 2. The van der Waals surface area contributed by atoms with E-state index in [9.17, 15) is 44.0 Å². The van der Waals surface area contributed by atoms with Gasteiger partial charge in [0.2, 0.25) is 0 Å². The van der Waals surface area contributed by atoms with E-state index in [2.05, 4.69) is 20.5 Å². The van der Waals surface area contributed by atoms with Gasteiger partial charge in [-0.2, -0.15) is 10.2 Å². The summed E-state index contributed by atoms with van der Waals surface area (Å²) < 4.78 is 106. The van der Waals surface area contributed by atoms with Gasteiger partial charge in [0.05, 0.1) is 31.7 Å². The van der Waals surface area contributed by atoms with Gasteiger partial charge >= 0.3 is 88.7 Å². The monoisotopic (exact) mass is 814 g/mol. The third-order valence-corrected chi connectivity index (χ3v) is 10.1. The number of phenolic OH excluding ortho intramolecular Hbond substituents is 1. The van der Waals surface area contributed by atoms with Gasteiger partial charge in [-0.1, -0.05) is 30.3 Å². The number of azo groups is 2. The fourth-order valence-corrected chi connectivity index (χ4v) is 6.93. The molecule has 6 aromatic rings. The van der Waals surface area contributed by atoms with Crippen molar-refractivity contribution in [2.75, 3.05) is 11.5 Å².